The van der Waals surface area contributed by atoms with E-state index in [1.54, 1.807) is 0 Å². The van der Waals surface area contributed by atoms with Crippen LogP contribution in [0.25, 0.3) is 0 Å². The van der Waals surface area contributed by atoms with Crippen LogP contribution in [0.2, 0.25) is 0 Å². The van der Waals surface area contributed by atoms with Gasteiger partial charge in [-0.05, 0) is 56.5 Å². The van der Waals surface area contributed by atoms with Crippen molar-refractivity contribution < 1.29 is 4.74 Å². The molecule has 0 fully saturated rings. The molecule has 0 saturated heterocycles. The lowest BCUT2D eigenvalue weighted by Gasteiger charge is -2.09. The molecule has 0 radical (unpaired) electrons. The van der Waals surface area contributed by atoms with Crippen LogP contribution in [0.5, 0.6) is 5.75 Å². The van der Waals surface area contributed by atoms with Crippen LogP contribution in [0, 0.1) is 27.7 Å². The van der Waals surface area contributed by atoms with Crippen molar-refractivity contribution in [3.8, 4) is 5.75 Å². The van der Waals surface area contributed by atoms with Crippen molar-refractivity contribution in [3.63, 3.8) is 0 Å². The smallest absolute Gasteiger partial charge is 0.120 e. The largest absolute Gasteiger partial charge is 0.489 e. The van der Waals surface area contributed by atoms with E-state index in [-0.39, 0.29) is 0 Å². The number of ether oxygens (including phenoxy) is 1. The summed E-state index contributed by atoms with van der Waals surface area (Å²) in [5, 5.41) is 0. The Hall–Kier alpha value is -1.76. The average Bonchev–Trinajstić information content (AvgIpc) is 2.23. The van der Waals surface area contributed by atoms with Crippen LogP contribution >= 0.6 is 0 Å². The Bertz CT molecular complexity index is 464. The van der Waals surface area contributed by atoms with Gasteiger partial charge in [0.1, 0.15) is 12.4 Å². The van der Waals surface area contributed by atoms with Crippen LogP contribution in [0.15, 0.2) is 36.4 Å². The van der Waals surface area contributed by atoms with Crippen molar-refractivity contribution in [2.75, 3.05) is 0 Å². The Balaban J connectivity index is 2.11. The Kier molecular flexibility index (Phi) is 3.71. The molecule has 0 aliphatic rings. The summed E-state index contributed by atoms with van der Waals surface area (Å²) in [5.74, 6) is 0.951. The normalized spacial score (nSPS) is 10.4. The van der Waals surface area contributed by atoms with Gasteiger partial charge in [-0.25, -0.2) is 0 Å². The van der Waals surface area contributed by atoms with Gasteiger partial charge in [0.25, 0.3) is 0 Å². The van der Waals surface area contributed by atoms with Crippen molar-refractivity contribution in [3.05, 3.63) is 64.2 Å². The van der Waals surface area contributed by atoms with Crippen molar-refractivity contribution in [2.45, 2.75) is 34.3 Å². The highest BCUT2D eigenvalue weighted by Gasteiger charge is 2.00. The third kappa shape index (κ3) is 3.36. The first-order valence-electron chi connectivity index (χ1n) is 6.31. The van der Waals surface area contributed by atoms with Crippen molar-refractivity contribution >= 4 is 0 Å². The fourth-order valence-corrected chi connectivity index (χ4v) is 2.34. The molecular weight excluding hydrogens is 220 g/mol. The van der Waals surface area contributed by atoms with Crippen LogP contribution in [-0.4, -0.2) is 0 Å². The van der Waals surface area contributed by atoms with Crippen LogP contribution in [0.1, 0.15) is 27.8 Å². The summed E-state index contributed by atoms with van der Waals surface area (Å²) in [5.41, 5.74) is 6.28. The van der Waals surface area contributed by atoms with E-state index in [0.29, 0.717) is 6.61 Å². The molecule has 18 heavy (non-hydrogen) atoms. The van der Waals surface area contributed by atoms with Gasteiger partial charge in [-0.2, -0.15) is 0 Å². The molecule has 1 nitrogen and oxygen atoms in total. The van der Waals surface area contributed by atoms with E-state index in [0.717, 1.165) is 5.75 Å². The molecule has 0 unspecified atom stereocenters. The van der Waals surface area contributed by atoms with Gasteiger partial charge in [0, 0.05) is 0 Å². The molecule has 0 heterocycles. The van der Waals surface area contributed by atoms with E-state index >= 15 is 0 Å². The predicted octanol–water partition coefficient (Wildman–Crippen LogP) is 4.50. The van der Waals surface area contributed by atoms with Crippen LogP contribution in [0.3, 0.4) is 0 Å². The first-order valence-corrected chi connectivity index (χ1v) is 6.31. The standard InChI is InChI=1S/C17H20O/c1-12-5-13(2)8-16(7-12)11-18-17-9-14(3)6-15(4)10-17/h5-10H,11H2,1-4H3. The Morgan fingerprint density at radius 3 is 1.61 bits per heavy atom. The minimum absolute atomic E-state index is 0.630. The number of benzene rings is 2. The third-order valence-corrected chi connectivity index (χ3v) is 2.88. The highest BCUT2D eigenvalue weighted by atomic mass is 16.5. The molecule has 0 atom stereocenters. The monoisotopic (exact) mass is 240 g/mol. The number of rotatable bonds is 3. The van der Waals surface area contributed by atoms with E-state index in [1.807, 2.05) is 0 Å². The second kappa shape index (κ2) is 5.26. The molecule has 1 heteroatoms. The third-order valence-electron chi connectivity index (χ3n) is 2.88. The lowest BCUT2D eigenvalue weighted by Crippen LogP contribution is -1.97. The maximum atomic E-state index is 5.86. The Morgan fingerprint density at radius 2 is 1.11 bits per heavy atom. The van der Waals surface area contributed by atoms with E-state index in [4.69, 9.17) is 4.74 Å². The van der Waals surface area contributed by atoms with E-state index in [2.05, 4.69) is 64.1 Å². The Labute approximate surface area is 109 Å². The zero-order chi connectivity index (χ0) is 13.1. The molecule has 0 bridgehead atoms. The molecule has 0 spiro atoms. The minimum Gasteiger partial charge on any atom is -0.489 e. The van der Waals surface area contributed by atoms with Gasteiger partial charge in [-0.15, -0.1) is 0 Å². The summed E-state index contributed by atoms with van der Waals surface area (Å²) in [6.07, 6.45) is 0. The number of hydrogen-bond donors (Lipinski definition) is 0. The van der Waals surface area contributed by atoms with E-state index < -0.39 is 0 Å². The topological polar surface area (TPSA) is 9.23 Å². The van der Waals surface area contributed by atoms with Crippen LogP contribution < -0.4 is 4.74 Å². The molecule has 2 aromatic carbocycles. The first-order chi connectivity index (χ1) is 8.52. The Morgan fingerprint density at radius 1 is 0.667 bits per heavy atom. The summed E-state index contributed by atoms with van der Waals surface area (Å²) in [6, 6.07) is 12.8. The first kappa shape index (κ1) is 12.7. The zero-order valence-corrected chi connectivity index (χ0v) is 11.6. The molecule has 0 aliphatic heterocycles. The molecule has 0 N–H and O–H groups in total. The molecule has 0 aromatic heterocycles. The van der Waals surface area contributed by atoms with E-state index in [9.17, 15) is 0 Å². The summed E-state index contributed by atoms with van der Waals surface area (Å²) < 4.78 is 5.86. The lowest BCUT2D eigenvalue weighted by molar-refractivity contribution is 0.305. The molecule has 2 rings (SSSR count). The molecule has 2 aromatic rings. The van der Waals surface area contributed by atoms with Crippen molar-refractivity contribution in [2.24, 2.45) is 0 Å². The second-order valence-corrected chi connectivity index (χ2v) is 5.11. The van der Waals surface area contributed by atoms with Crippen molar-refractivity contribution in [1.82, 2.24) is 0 Å². The lowest BCUT2D eigenvalue weighted by atomic mass is 10.1. The highest BCUT2D eigenvalue weighted by Crippen LogP contribution is 2.18. The fourth-order valence-electron chi connectivity index (χ4n) is 2.34. The van der Waals surface area contributed by atoms with E-state index in [1.165, 1.54) is 27.8 Å². The summed E-state index contributed by atoms with van der Waals surface area (Å²) in [6.45, 7) is 9.05. The zero-order valence-electron chi connectivity index (χ0n) is 11.6. The predicted molar refractivity (Wildman–Crippen MR) is 76.2 cm³/mol. The van der Waals surface area contributed by atoms with Gasteiger partial charge in [-0.1, -0.05) is 35.4 Å². The van der Waals surface area contributed by atoms with Gasteiger partial charge in [0.2, 0.25) is 0 Å². The maximum absolute atomic E-state index is 5.86. The molecule has 94 valence electrons. The van der Waals surface area contributed by atoms with Crippen molar-refractivity contribution in [1.29, 1.82) is 0 Å². The fraction of sp³-hybridized carbons (Fsp3) is 0.294. The van der Waals surface area contributed by atoms with Gasteiger partial charge in [-0.3, -0.25) is 0 Å². The van der Waals surface area contributed by atoms with Gasteiger partial charge < -0.3 is 4.74 Å². The summed E-state index contributed by atoms with van der Waals surface area (Å²) >= 11 is 0. The quantitative estimate of drug-likeness (QED) is 0.767. The van der Waals surface area contributed by atoms with Gasteiger partial charge in [0.15, 0.2) is 0 Å². The molecule has 0 saturated carbocycles. The van der Waals surface area contributed by atoms with Crippen LogP contribution in [-0.2, 0) is 6.61 Å². The molecule has 0 amide bonds. The molecule has 0 aliphatic carbocycles. The minimum atomic E-state index is 0.630. The number of hydrogen-bond acceptors (Lipinski definition) is 1. The maximum Gasteiger partial charge on any atom is 0.120 e. The average molecular weight is 240 g/mol. The second-order valence-electron chi connectivity index (χ2n) is 5.11. The number of aryl methyl sites for hydroxylation is 4. The molecular formula is C17H20O. The van der Waals surface area contributed by atoms with Gasteiger partial charge >= 0.3 is 0 Å². The highest BCUT2D eigenvalue weighted by molar-refractivity contribution is 5.34. The van der Waals surface area contributed by atoms with Gasteiger partial charge in [0.05, 0.1) is 0 Å². The SMILES string of the molecule is Cc1cc(C)cc(COc2cc(C)cc(C)c2)c1. The summed E-state index contributed by atoms with van der Waals surface area (Å²) in [7, 11) is 0. The summed E-state index contributed by atoms with van der Waals surface area (Å²) in [4.78, 5) is 0. The van der Waals surface area contributed by atoms with Crippen LogP contribution in [0.4, 0.5) is 0 Å².